The Morgan fingerprint density at radius 2 is 2.50 bits per heavy atom. The van der Waals surface area contributed by atoms with E-state index >= 15 is 0 Å². The van der Waals surface area contributed by atoms with Gasteiger partial charge in [-0.2, -0.15) is 0 Å². The van der Waals surface area contributed by atoms with Gasteiger partial charge in [-0.25, -0.2) is 0 Å². The number of likely N-dealkylation sites (N-methyl/N-ethyl adjacent to an activating group) is 1. The highest BCUT2D eigenvalue weighted by molar-refractivity contribution is 5.91. The number of aliphatic hydroxyl groups excluding tert-OH is 1. The number of rotatable bonds is 4. The Morgan fingerprint density at radius 1 is 1.71 bits per heavy atom. The van der Waals surface area contributed by atoms with Crippen molar-refractivity contribution in [2.45, 2.75) is 6.92 Å². The Balaban J connectivity index is 2.73. The van der Waals surface area contributed by atoms with Crippen molar-refractivity contribution in [3.05, 3.63) is 30.1 Å². The smallest absolute Gasteiger partial charge is 0.273 e. The van der Waals surface area contributed by atoms with Crippen LogP contribution in [-0.4, -0.2) is 40.6 Å². The Morgan fingerprint density at radius 3 is 3.00 bits per heavy atom. The first-order valence-corrected chi connectivity index (χ1v) is 4.52. The standard InChI is InChI=1S/C10H13N2O2/c1-2-12(7-8-13)10(14)9-5-3-4-6-11-9/h3-4,6,13H,2,7-8H2,1H3. The number of nitrogens with zero attached hydrogens (tertiary/aromatic N) is 2. The van der Waals surface area contributed by atoms with Gasteiger partial charge in [0.1, 0.15) is 5.69 Å². The predicted octanol–water partition coefficient (Wildman–Crippen LogP) is 0.336. The lowest BCUT2D eigenvalue weighted by Gasteiger charge is -2.18. The molecule has 0 spiro atoms. The number of amides is 1. The van der Waals surface area contributed by atoms with Crippen LogP contribution in [0, 0.1) is 6.07 Å². The number of hydrogen-bond acceptors (Lipinski definition) is 3. The van der Waals surface area contributed by atoms with Crippen LogP contribution in [0.15, 0.2) is 18.3 Å². The van der Waals surface area contributed by atoms with Gasteiger partial charge in [-0.1, -0.05) is 6.07 Å². The number of hydrogen-bond donors (Lipinski definition) is 1. The average Bonchev–Trinajstić information content (AvgIpc) is 2.26. The summed E-state index contributed by atoms with van der Waals surface area (Å²) in [5.41, 5.74) is 0.294. The lowest BCUT2D eigenvalue weighted by molar-refractivity contribution is 0.0726. The van der Waals surface area contributed by atoms with Gasteiger partial charge in [0.15, 0.2) is 0 Å². The molecule has 1 amide bonds. The van der Waals surface area contributed by atoms with Crippen LogP contribution in [-0.2, 0) is 0 Å². The third kappa shape index (κ3) is 2.53. The molecule has 0 fully saturated rings. The van der Waals surface area contributed by atoms with E-state index in [4.69, 9.17) is 5.11 Å². The summed E-state index contributed by atoms with van der Waals surface area (Å²) in [5.74, 6) is -0.192. The van der Waals surface area contributed by atoms with Crippen molar-refractivity contribution in [3.8, 4) is 0 Å². The molecule has 75 valence electrons. The third-order valence-electron chi connectivity index (χ3n) is 1.85. The maximum Gasteiger partial charge on any atom is 0.273 e. The van der Waals surface area contributed by atoms with Gasteiger partial charge in [0.05, 0.1) is 6.61 Å². The maximum absolute atomic E-state index is 11.7. The average molecular weight is 193 g/mol. The van der Waals surface area contributed by atoms with E-state index in [9.17, 15) is 4.79 Å². The summed E-state index contributed by atoms with van der Waals surface area (Å²) in [6.45, 7) is 2.71. The Labute approximate surface area is 83.2 Å². The first-order chi connectivity index (χ1) is 6.79. The van der Waals surface area contributed by atoms with Gasteiger partial charge >= 0.3 is 0 Å². The molecule has 0 unspecified atom stereocenters. The van der Waals surface area contributed by atoms with Crippen LogP contribution in [0.5, 0.6) is 0 Å². The number of aromatic nitrogens is 1. The molecular formula is C10H13N2O2. The van der Waals surface area contributed by atoms with Crippen LogP contribution < -0.4 is 0 Å². The summed E-state index contributed by atoms with van der Waals surface area (Å²) >= 11 is 0. The zero-order valence-electron chi connectivity index (χ0n) is 8.10. The second kappa shape index (κ2) is 5.34. The number of carbonyl (C=O) groups is 1. The largest absolute Gasteiger partial charge is 0.395 e. The Bertz CT molecular complexity index is 287. The highest BCUT2D eigenvalue weighted by Gasteiger charge is 2.13. The molecule has 1 radical (unpaired) electrons. The lowest BCUT2D eigenvalue weighted by Crippen LogP contribution is -2.33. The third-order valence-corrected chi connectivity index (χ3v) is 1.85. The second-order valence-electron chi connectivity index (χ2n) is 2.74. The van der Waals surface area contributed by atoms with Crippen LogP contribution in [0.1, 0.15) is 17.4 Å². The molecule has 4 heteroatoms. The van der Waals surface area contributed by atoms with Crippen molar-refractivity contribution in [2.24, 2.45) is 0 Å². The topological polar surface area (TPSA) is 53.4 Å². The fraction of sp³-hybridized carbons (Fsp3) is 0.400. The van der Waals surface area contributed by atoms with Crippen molar-refractivity contribution in [3.63, 3.8) is 0 Å². The minimum Gasteiger partial charge on any atom is -0.395 e. The van der Waals surface area contributed by atoms with Crippen molar-refractivity contribution in [1.82, 2.24) is 9.88 Å². The molecule has 4 nitrogen and oxygen atoms in total. The van der Waals surface area contributed by atoms with Gasteiger partial charge in [0.2, 0.25) is 0 Å². The lowest BCUT2D eigenvalue weighted by atomic mass is 10.3. The van der Waals surface area contributed by atoms with Gasteiger partial charge in [0.25, 0.3) is 5.91 Å². The van der Waals surface area contributed by atoms with Crippen LogP contribution in [0.2, 0.25) is 0 Å². The molecule has 14 heavy (non-hydrogen) atoms. The summed E-state index contributed by atoms with van der Waals surface area (Å²) in [4.78, 5) is 17.1. The number of aliphatic hydroxyl groups is 1. The van der Waals surface area contributed by atoms with E-state index in [-0.39, 0.29) is 12.5 Å². The van der Waals surface area contributed by atoms with Crippen molar-refractivity contribution in [2.75, 3.05) is 19.7 Å². The second-order valence-corrected chi connectivity index (χ2v) is 2.74. The molecule has 1 heterocycles. The molecule has 0 atom stereocenters. The SMILES string of the molecule is CCN(CCO)C(=O)c1[c]cccn1. The van der Waals surface area contributed by atoms with Crippen LogP contribution in [0.3, 0.4) is 0 Å². The monoisotopic (exact) mass is 193 g/mol. The molecule has 0 bridgehead atoms. The van der Waals surface area contributed by atoms with E-state index in [0.29, 0.717) is 18.8 Å². The minimum absolute atomic E-state index is 0.0353. The first kappa shape index (κ1) is 10.7. The van der Waals surface area contributed by atoms with Crippen molar-refractivity contribution < 1.29 is 9.90 Å². The van der Waals surface area contributed by atoms with Gasteiger partial charge in [-0.15, -0.1) is 0 Å². The molecular weight excluding hydrogens is 180 g/mol. The quantitative estimate of drug-likeness (QED) is 0.750. The zero-order valence-corrected chi connectivity index (χ0v) is 8.10. The summed E-state index contributed by atoms with van der Waals surface area (Å²) < 4.78 is 0. The normalized spacial score (nSPS) is 9.86. The molecule has 0 aliphatic heterocycles. The number of carbonyl (C=O) groups excluding carboxylic acids is 1. The van der Waals surface area contributed by atoms with Crippen molar-refractivity contribution >= 4 is 5.91 Å². The van der Waals surface area contributed by atoms with Crippen LogP contribution in [0.25, 0.3) is 0 Å². The van der Waals surface area contributed by atoms with E-state index in [0.717, 1.165) is 0 Å². The molecule has 0 saturated heterocycles. The van der Waals surface area contributed by atoms with E-state index in [1.54, 1.807) is 18.3 Å². The fourth-order valence-electron chi connectivity index (χ4n) is 1.12. The molecule has 0 aliphatic rings. The maximum atomic E-state index is 11.7. The summed E-state index contributed by atoms with van der Waals surface area (Å²) in [7, 11) is 0. The van der Waals surface area contributed by atoms with E-state index < -0.39 is 0 Å². The number of pyridine rings is 1. The first-order valence-electron chi connectivity index (χ1n) is 4.52. The predicted molar refractivity (Wildman–Crippen MR) is 51.7 cm³/mol. The molecule has 1 N–H and O–H groups in total. The summed E-state index contributed by atoms with van der Waals surface area (Å²) in [6.07, 6.45) is 1.55. The zero-order chi connectivity index (χ0) is 10.4. The van der Waals surface area contributed by atoms with E-state index in [1.165, 1.54) is 4.90 Å². The van der Waals surface area contributed by atoms with E-state index in [2.05, 4.69) is 11.1 Å². The van der Waals surface area contributed by atoms with Gasteiger partial charge in [-0.05, 0) is 13.0 Å². The Kier molecular flexibility index (Phi) is 4.07. The summed E-state index contributed by atoms with van der Waals surface area (Å²) in [5, 5.41) is 8.74. The Hall–Kier alpha value is -1.42. The van der Waals surface area contributed by atoms with Gasteiger partial charge in [0, 0.05) is 25.4 Å². The molecule has 1 aromatic rings. The van der Waals surface area contributed by atoms with Gasteiger partial charge < -0.3 is 10.0 Å². The van der Waals surface area contributed by atoms with Gasteiger partial charge in [-0.3, -0.25) is 9.78 Å². The van der Waals surface area contributed by atoms with Crippen molar-refractivity contribution in [1.29, 1.82) is 0 Å². The minimum atomic E-state index is -0.192. The molecule has 0 saturated carbocycles. The molecule has 1 aromatic heterocycles. The fourth-order valence-corrected chi connectivity index (χ4v) is 1.12. The highest BCUT2D eigenvalue weighted by atomic mass is 16.3. The molecule has 0 aliphatic carbocycles. The molecule has 0 aromatic carbocycles. The highest BCUT2D eigenvalue weighted by Crippen LogP contribution is 1.99. The molecule has 1 rings (SSSR count). The van der Waals surface area contributed by atoms with E-state index in [1.807, 2.05) is 6.92 Å². The summed E-state index contributed by atoms with van der Waals surface area (Å²) in [6, 6.07) is 6.11. The van der Waals surface area contributed by atoms with Crippen LogP contribution >= 0.6 is 0 Å². The van der Waals surface area contributed by atoms with Crippen LogP contribution in [0.4, 0.5) is 0 Å².